The van der Waals surface area contributed by atoms with E-state index in [4.69, 9.17) is 10.4 Å². The number of halogens is 3. The van der Waals surface area contributed by atoms with Crippen LogP contribution in [0.15, 0.2) is 37.8 Å². The first-order valence-electron chi connectivity index (χ1n) is 12.3. The number of nitrogens with zero attached hydrogens (tertiary/aromatic N) is 4. The monoisotopic (exact) mass is 679 g/mol. The minimum Gasteiger partial charge on any atom is -0.846 e. The number of amidine groups is 1. The molecule has 2 aliphatic heterocycles. The molecule has 0 spiro atoms. The van der Waals surface area contributed by atoms with Gasteiger partial charge < -0.3 is 14.9 Å². The Kier molecular flexibility index (Phi) is 7.84. The van der Waals surface area contributed by atoms with Gasteiger partial charge in [0.05, 0.1) is 18.7 Å². The fourth-order valence-corrected chi connectivity index (χ4v) is 7.45. The van der Waals surface area contributed by atoms with Crippen molar-refractivity contribution in [2.45, 2.75) is 32.1 Å². The summed E-state index contributed by atoms with van der Waals surface area (Å²) in [5, 5.41) is 18.5. The number of benzene rings is 1. The summed E-state index contributed by atoms with van der Waals surface area (Å²) in [7, 11) is 0. The quantitative estimate of drug-likeness (QED) is 0.299. The van der Waals surface area contributed by atoms with E-state index < -0.39 is 6.02 Å². The molecule has 0 unspecified atom stereocenters. The van der Waals surface area contributed by atoms with Crippen molar-refractivity contribution in [3.8, 4) is 0 Å². The van der Waals surface area contributed by atoms with Gasteiger partial charge in [-0.1, -0.05) is 15.9 Å². The van der Waals surface area contributed by atoms with Crippen molar-refractivity contribution in [1.29, 1.82) is 5.41 Å². The summed E-state index contributed by atoms with van der Waals surface area (Å²) in [6.45, 7) is 4.04. The molecule has 190 valence electrons. The van der Waals surface area contributed by atoms with Gasteiger partial charge in [0.2, 0.25) is 11.6 Å². The highest BCUT2D eigenvalue weighted by molar-refractivity contribution is 9.11. The van der Waals surface area contributed by atoms with Gasteiger partial charge in [-0.2, -0.15) is 0 Å². The average Bonchev–Trinajstić information content (AvgIpc) is 3.01. The highest BCUT2D eigenvalue weighted by Crippen LogP contribution is 2.33. The van der Waals surface area contributed by atoms with Gasteiger partial charge in [0.1, 0.15) is 5.69 Å². The molecule has 1 aromatic carbocycles. The molecule has 10 heteroatoms. The molecule has 0 radical (unpaired) electrons. The SMILES string of the molecule is N=C([O-])N1CCC(CC(=O)N2CC[N+](=C3c4ncc(Br)cc4CCc4cc(Br)cc(Br)c43)CC2)CC1. The zero-order valence-corrected chi connectivity index (χ0v) is 24.7. The lowest BCUT2D eigenvalue weighted by Gasteiger charge is -2.36. The number of carbonyl (C=O) groups excluding carboxylic acids is 1. The fourth-order valence-electron chi connectivity index (χ4n) is 5.57. The highest BCUT2D eigenvalue weighted by atomic mass is 79.9. The van der Waals surface area contributed by atoms with Crippen molar-refractivity contribution in [3.63, 3.8) is 0 Å². The first kappa shape index (κ1) is 25.9. The van der Waals surface area contributed by atoms with Gasteiger partial charge in [0.15, 0.2) is 13.1 Å². The molecule has 2 aromatic rings. The molecule has 1 amide bonds. The zero-order chi connectivity index (χ0) is 25.4. The standard InChI is InChI=1S/C26H28Br3N5O2/c27-19-12-17-1-2-18-13-20(28)15-31-24(18)25(23(17)21(29)14-19)33-9-7-32(8-10-33)22(35)11-16-3-5-34(6-4-16)26(30)36/h12-16H,1-11H2,(H-,30,36). The number of hydrogen-bond acceptors (Lipinski definition) is 4. The lowest BCUT2D eigenvalue weighted by molar-refractivity contribution is -0.537. The molecule has 1 aliphatic carbocycles. The number of rotatable bonds is 2. The Bertz CT molecular complexity index is 1230. The van der Waals surface area contributed by atoms with E-state index >= 15 is 0 Å². The van der Waals surface area contributed by atoms with Crippen molar-refractivity contribution in [1.82, 2.24) is 14.8 Å². The Morgan fingerprint density at radius 1 is 1.00 bits per heavy atom. The number of pyridine rings is 1. The first-order valence-corrected chi connectivity index (χ1v) is 14.7. The summed E-state index contributed by atoms with van der Waals surface area (Å²) in [6, 6.07) is 5.87. The molecule has 3 aliphatic rings. The molecule has 0 atom stereocenters. The minimum atomic E-state index is -0.615. The second-order valence-corrected chi connectivity index (χ2v) is 12.4. The number of carbonyl (C=O) groups is 1. The second kappa shape index (κ2) is 10.9. The number of nitrogens with one attached hydrogen (secondary N) is 1. The van der Waals surface area contributed by atoms with Gasteiger partial charge in [-0.15, -0.1) is 0 Å². The predicted octanol–water partition coefficient (Wildman–Crippen LogP) is 3.56. The van der Waals surface area contributed by atoms with Crippen molar-refractivity contribution < 1.29 is 14.5 Å². The van der Waals surface area contributed by atoms with Crippen LogP contribution in [0, 0.1) is 11.3 Å². The molecule has 2 saturated heterocycles. The molecule has 0 bridgehead atoms. The summed E-state index contributed by atoms with van der Waals surface area (Å²) in [4.78, 5) is 21.5. The summed E-state index contributed by atoms with van der Waals surface area (Å²) in [5.74, 6) is 0.488. The number of likely N-dealkylation sites (tertiary alicyclic amines) is 1. The smallest absolute Gasteiger partial charge is 0.234 e. The van der Waals surface area contributed by atoms with Crippen LogP contribution < -0.4 is 5.11 Å². The van der Waals surface area contributed by atoms with Crippen LogP contribution in [0.3, 0.4) is 0 Å². The molecule has 1 N–H and O–H groups in total. The topological polar surface area (TPSA) is 86.4 Å². The third-order valence-electron chi connectivity index (χ3n) is 7.51. The summed E-state index contributed by atoms with van der Waals surface area (Å²) in [5.41, 5.74) is 5.88. The third-order valence-corrected chi connectivity index (χ3v) is 9.03. The molecular formula is C26H28Br3N5O2. The highest BCUT2D eigenvalue weighted by Gasteiger charge is 2.34. The fraction of sp³-hybridized carbons (Fsp3) is 0.462. The lowest BCUT2D eigenvalue weighted by Crippen LogP contribution is -2.48. The molecule has 7 nitrogen and oxygen atoms in total. The molecule has 0 saturated carbocycles. The van der Waals surface area contributed by atoms with E-state index in [9.17, 15) is 9.90 Å². The van der Waals surface area contributed by atoms with Crippen LogP contribution in [-0.4, -0.2) is 76.3 Å². The van der Waals surface area contributed by atoms with Gasteiger partial charge in [-0.25, -0.2) is 9.56 Å². The van der Waals surface area contributed by atoms with Crippen LogP contribution in [0.2, 0.25) is 0 Å². The number of piperidine rings is 1. The van der Waals surface area contributed by atoms with Crippen molar-refractivity contribution in [2.75, 3.05) is 39.3 Å². The predicted molar refractivity (Wildman–Crippen MR) is 148 cm³/mol. The molecule has 3 heterocycles. The van der Waals surface area contributed by atoms with Crippen molar-refractivity contribution in [3.05, 3.63) is 60.2 Å². The van der Waals surface area contributed by atoms with E-state index in [0.717, 1.165) is 63.6 Å². The van der Waals surface area contributed by atoms with Crippen molar-refractivity contribution in [2.24, 2.45) is 5.92 Å². The van der Waals surface area contributed by atoms with Crippen LogP contribution in [-0.2, 0) is 17.6 Å². The average molecular weight is 682 g/mol. The Balaban J connectivity index is 1.37. The lowest BCUT2D eigenvalue weighted by atomic mass is 9.93. The van der Waals surface area contributed by atoms with Gasteiger partial charge in [0, 0.05) is 45.1 Å². The Hall–Kier alpha value is -1.78. The maximum atomic E-state index is 13.1. The maximum absolute atomic E-state index is 13.1. The van der Waals surface area contributed by atoms with Crippen LogP contribution in [0.5, 0.6) is 0 Å². The van der Waals surface area contributed by atoms with Gasteiger partial charge >= 0.3 is 0 Å². The van der Waals surface area contributed by atoms with E-state index in [1.807, 2.05) is 11.1 Å². The Morgan fingerprint density at radius 2 is 1.67 bits per heavy atom. The number of amides is 1. The van der Waals surface area contributed by atoms with Crippen LogP contribution in [0.1, 0.15) is 41.6 Å². The number of aryl methyl sites for hydroxylation is 2. The van der Waals surface area contributed by atoms with Crippen molar-refractivity contribution >= 4 is 65.4 Å². The van der Waals surface area contributed by atoms with Gasteiger partial charge in [-0.3, -0.25) is 10.2 Å². The molecule has 1 aromatic heterocycles. The van der Waals surface area contributed by atoms with E-state index in [0.29, 0.717) is 32.6 Å². The minimum absolute atomic E-state index is 0.198. The maximum Gasteiger partial charge on any atom is 0.234 e. The van der Waals surface area contributed by atoms with Crippen LogP contribution in [0.4, 0.5) is 0 Å². The van der Waals surface area contributed by atoms with Gasteiger partial charge in [0.25, 0.3) is 0 Å². The van der Waals surface area contributed by atoms with Crippen LogP contribution in [0.25, 0.3) is 0 Å². The molecule has 5 rings (SSSR count). The zero-order valence-electron chi connectivity index (χ0n) is 19.9. The molecule has 36 heavy (non-hydrogen) atoms. The molecular weight excluding hydrogens is 654 g/mol. The molecule has 2 fully saturated rings. The summed E-state index contributed by atoms with van der Waals surface area (Å²) >= 11 is 11.1. The second-order valence-electron chi connectivity index (χ2n) is 9.74. The van der Waals surface area contributed by atoms with E-state index in [2.05, 4.69) is 70.6 Å². The first-order chi connectivity index (χ1) is 17.3. The normalized spacial score (nSPS) is 18.5. The summed E-state index contributed by atoms with van der Waals surface area (Å²) in [6.07, 6.45) is 5.85. The largest absolute Gasteiger partial charge is 0.846 e. The summed E-state index contributed by atoms with van der Waals surface area (Å²) < 4.78 is 5.49. The number of fused-ring (bicyclic) bond motifs is 2. The van der Waals surface area contributed by atoms with E-state index in [1.54, 1.807) is 4.90 Å². The third kappa shape index (κ3) is 5.41. The Morgan fingerprint density at radius 3 is 2.36 bits per heavy atom. The number of hydrogen-bond donors (Lipinski definition) is 1. The Labute approximate surface area is 236 Å². The number of aromatic nitrogens is 1. The number of piperazine rings is 1. The van der Waals surface area contributed by atoms with Crippen LogP contribution >= 0.6 is 47.8 Å². The van der Waals surface area contributed by atoms with E-state index in [1.165, 1.54) is 16.7 Å². The van der Waals surface area contributed by atoms with E-state index in [-0.39, 0.29) is 11.8 Å². The van der Waals surface area contributed by atoms with Gasteiger partial charge in [-0.05, 0) is 92.8 Å².